The second-order valence-electron chi connectivity index (χ2n) is 5.80. The topological polar surface area (TPSA) is 12.0 Å². The fraction of sp³-hybridized carbons (Fsp3) is 0.647. The zero-order valence-corrected chi connectivity index (χ0v) is 12.1. The molecule has 1 aromatic carbocycles. The van der Waals surface area contributed by atoms with Crippen LogP contribution in [0.1, 0.15) is 61.6 Å². The lowest BCUT2D eigenvalue weighted by Crippen LogP contribution is -2.37. The van der Waals surface area contributed by atoms with Crippen LogP contribution in [0.25, 0.3) is 0 Å². The van der Waals surface area contributed by atoms with Gasteiger partial charge in [0.1, 0.15) is 0 Å². The Bertz CT molecular complexity index is 383. The van der Waals surface area contributed by atoms with Crippen LogP contribution in [-0.4, -0.2) is 12.6 Å². The maximum absolute atomic E-state index is 3.75. The molecule has 1 heteroatoms. The van der Waals surface area contributed by atoms with Gasteiger partial charge in [-0.2, -0.15) is 0 Å². The normalized spacial score (nSPS) is 24.2. The molecule has 0 heterocycles. The predicted molar refractivity (Wildman–Crippen MR) is 79.2 cm³/mol. The number of hydrogen-bond acceptors (Lipinski definition) is 1. The van der Waals surface area contributed by atoms with E-state index in [-0.39, 0.29) is 0 Å². The van der Waals surface area contributed by atoms with Gasteiger partial charge in [-0.25, -0.2) is 0 Å². The Balaban J connectivity index is 2.14. The fourth-order valence-corrected chi connectivity index (χ4v) is 3.10. The number of benzene rings is 1. The molecule has 1 fully saturated rings. The van der Waals surface area contributed by atoms with E-state index in [1.54, 1.807) is 5.56 Å². The summed E-state index contributed by atoms with van der Waals surface area (Å²) in [6.45, 7) is 7.84. The van der Waals surface area contributed by atoms with Crippen LogP contribution in [0, 0.1) is 13.8 Å². The Labute approximate surface area is 112 Å². The Morgan fingerprint density at radius 3 is 2.61 bits per heavy atom. The van der Waals surface area contributed by atoms with Crippen LogP contribution < -0.4 is 5.32 Å². The van der Waals surface area contributed by atoms with Crippen LogP contribution >= 0.6 is 0 Å². The van der Waals surface area contributed by atoms with E-state index in [9.17, 15) is 0 Å². The van der Waals surface area contributed by atoms with Crippen LogP contribution in [0.5, 0.6) is 0 Å². The highest BCUT2D eigenvalue weighted by molar-refractivity contribution is 5.33. The molecule has 2 unspecified atom stereocenters. The van der Waals surface area contributed by atoms with E-state index in [0.29, 0.717) is 6.04 Å². The van der Waals surface area contributed by atoms with Crippen molar-refractivity contribution in [1.82, 2.24) is 5.32 Å². The third-order valence-electron chi connectivity index (χ3n) is 4.38. The number of rotatable bonds is 4. The van der Waals surface area contributed by atoms with Crippen molar-refractivity contribution >= 4 is 0 Å². The van der Waals surface area contributed by atoms with Gasteiger partial charge in [-0.1, -0.05) is 38.0 Å². The van der Waals surface area contributed by atoms with Gasteiger partial charge in [0, 0.05) is 6.04 Å². The van der Waals surface area contributed by atoms with E-state index in [2.05, 4.69) is 44.3 Å². The van der Waals surface area contributed by atoms with Crippen LogP contribution in [0.3, 0.4) is 0 Å². The van der Waals surface area contributed by atoms with Gasteiger partial charge in [-0.3, -0.25) is 0 Å². The highest BCUT2D eigenvalue weighted by Gasteiger charge is 2.25. The van der Waals surface area contributed by atoms with Gasteiger partial charge in [-0.05, 0) is 62.3 Å². The van der Waals surface area contributed by atoms with Crippen LogP contribution in [0.4, 0.5) is 0 Å². The van der Waals surface area contributed by atoms with E-state index >= 15 is 0 Å². The SMILES string of the molecule is CCCNC1CCCCC1c1ccc(C)c(C)c1. The first-order valence-corrected chi connectivity index (χ1v) is 7.53. The van der Waals surface area contributed by atoms with E-state index in [4.69, 9.17) is 0 Å². The molecule has 1 aliphatic rings. The summed E-state index contributed by atoms with van der Waals surface area (Å²) in [7, 11) is 0. The number of nitrogens with one attached hydrogen (secondary N) is 1. The quantitative estimate of drug-likeness (QED) is 0.832. The molecule has 1 aliphatic carbocycles. The highest BCUT2D eigenvalue weighted by atomic mass is 14.9. The van der Waals surface area contributed by atoms with Gasteiger partial charge in [0.05, 0.1) is 0 Å². The van der Waals surface area contributed by atoms with Crippen LogP contribution in [0.15, 0.2) is 18.2 Å². The molecule has 1 saturated carbocycles. The average molecular weight is 245 g/mol. The molecule has 0 saturated heterocycles. The summed E-state index contributed by atoms with van der Waals surface area (Å²) in [5, 5.41) is 3.75. The van der Waals surface area contributed by atoms with E-state index in [1.165, 1.54) is 43.2 Å². The lowest BCUT2D eigenvalue weighted by atomic mass is 9.79. The van der Waals surface area contributed by atoms with Crippen molar-refractivity contribution in [1.29, 1.82) is 0 Å². The molecule has 1 aromatic rings. The van der Waals surface area contributed by atoms with E-state index in [0.717, 1.165) is 12.5 Å². The summed E-state index contributed by atoms with van der Waals surface area (Å²) < 4.78 is 0. The summed E-state index contributed by atoms with van der Waals surface area (Å²) in [5.74, 6) is 0.726. The smallest absolute Gasteiger partial charge is 0.0136 e. The van der Waals surface area contributed by atoms with Gasteiger partial charge < -0.3 is 5.32 Å². The molecule has 0 amide bonds. The monoisotopic (exact) mass is 245 g/mol. The van der Waals surface area contributed by atoms with Crippen molar-refractivity contribution in [2.75, 3.05) is 6.54 Å². The minimum atomic E-state index is 0.695. The third kappa shape index (κ3) is 3.14. The molecule has 0 bridgehead atoms. The lowest BCUT2D eigenvalue weighted by Gasteiger charge is -2.33. The average Bonchev–Trinajstić information content (AvgIpc) is 2.40. The molecular formula is C17H27N. The summed E-state index contributed by atoms with van der Waals surface area (Å²) in [6.07, 6.45) is 6.71. The summed E-state index contributed by atoms with van der Waals surface area (Å²) in [4.78, 5) is 0. The molecular weight excluding hydrogens is 218 g/mol. The van der Waals surface area contributed by atoms with Crippen molar-refractivity contribution in [3.63, 3.8) is 0 Å². The molecule has 0 aromatic heterocycles. The van der Waals surface area contributed by atoms with Gasteiger partial charge >= 0.3 is 0 Å². The zero-order valence-electron chi connectivity index (χ0n) is 12.1. The third-order valence-corrected chi connectivity index (χ3v) is 4.38. The first kappa shape index (κ1) is 13.6. The van der Waals surface area contributed by atoms with Crippen molar-refractivity contribution in [3.05, 3.63) is 34.9 Å². The fourth-order valence-electron chi connectivity index (χ4n) is 3.10. The first-order chi connectivity index (χ1) is 8.72. The van der Waals surface area contributed by atoms with Gasteiger partial charge in [0.15, 0.2) is 0 Å². The lowest BCUT2D eigenvalue weighted by molar-refractivity contribution is 0.328. The minimum Gasteiger partial charge on any atom is -0.313 e. The Hall–Kier alpha value is -0.820. The Morgan fingerprint density at radius 2 is 1.89 bits per heavy atom. The Kier molecular flexibility index (Phi) is 4.82. The molecule has 100 valence electrons. The van der Waals surface area contributed by atoms with E-state index in [1.807, 2.05) is 0 Å². The summed E-state index contributed by atoms with van der Waals surface area (Å²) in [5.41, 5.74) is 4.39. The second kappa shape index (κ2) is 6.38. The molecule has 0 radical (unpaired) electrons. The molecule has 0 aliphatic heterocycles. The number of aryl methyl sites for hydroxylation is 2. The maximum Gasteiger partial charge on any atom is 0.0136 e. The van der Waals surface area contributed by atoms with Gasteiger partial charge in [0.2, 0.25) is 0 Å². The van der Waals surface area contributed by atoms with Crippen molar-refractivity contribution in [2.45, 2.75) is 64.8 Å². The predicted octanol–water partition coefficient (Wildman–Crippen LogP) is 4.33. The molecule has 1 nitrogen and oxygen atoms in total. The molecule has 2 atom stereocenters. The summed E-state index contributed by atoms with van der Waals surface area (Å²) in [6, 6.07) is 7.74. The van der Waals surface area contributed by atoms with Gasteiger partial charge in [-0.15, -0.1) is 0 Å². The molecule has 18 heavy (non-hydrogen) atoms. The minimum absolute atomic E-state index is 0.695. The van der Waals surface area contributed by atoms with Crippen molar-refractivity contribution in [3.8, 4) is 0 Å². The standard InChI is InChI=1S/C17H27N/c1-4-11-18-17-8-6-5-7-16(17)15-10-9-13(2)14(3)12-15/h9-10,12,16-18H,4-8,11H2,1-3H3. The summed E-state index contributed by atoms with van der Waals surface area (Å²) >= 11 is 0. The molecule has 2 rings (SSSR count). The van der Waals surface area contributed by atoms with Crippen molar-refractivity contribution in [2.24, 2.45) is 0 Å². The van der Waals surface area contributed by atoms with Crippen LogP contribution in [-0.2, 0) is 0 Å². The molecule has 0 spiro atoms. The zero-order chi connectivity index (χ0) is 13.0. The van der Waals surface area contributed by atoms with E-state index < -0.39 is 0 Å². The van der Waals surface area contributed by atoms with Crippen molar-refractivity contribution < 1.29 is 0 Å². The maximum atomic E-state index is 3.75. The van der Waals surface area contributed by atoms with Crippen LogP contribution in [0.2, 0.25) is 0 Å². The van der Waals surface area contributed by atoms with Gasteiger partial charge in [0.25, 0.3) is 0 Å². The molecule has 1 N–H and O–H groups in total. The second-order valence-corrected chi connectivity index (χ2v) is 5.80. The Morgan fingerprint density at radius 1 is 1.11 bits per heavy atom. The first-order valence-electron chi connectivity index (χ1n) is 7.53. The highest BCUT2D eigenvalue weighted by Crippen LogP contribution is 2.33. The number of hydrogen-bond donors (Lipinski definition) is 1. The largest absolute Gasteiger partial charge is 0.313 e.